The Balaban J connectivity index is 2.14. The third kappa shape index (κ3) is 2.09. The predicted octanol–water partition coefficient (Wildman–Crippen LogP) is 3.57. The summed E-state index contributed by atoms with van der Waals surface area (Å²) in [6, 6.07) is 16.0. The summed E-state index contributed by atoms with van der Waals surface area (Å²) in [4.78, 5) is 0. The normalized spacial score (nSPS) is 10.8. The van der Waals surface area contributed by atoms with Gasteiger partial charge in [-0.1, -0.05) is 24.3 Å². The summed E-state index contributed by atoms with van der Waals surface area (Å²) in [6.45, 7) is 0.415. The van der Waals surface area contributed by atoms with E-state index in [2.05, 4.69) is 6.07 Å². The van der Waals surface area contributed by atoms with Crippen LogP contribution in [0.2, 0.25) is 0 Å². The van der Waals surface area contributed by atoms with Crippen LogP contribution in [-0.2, 0) is 6.54 Å². The van der Waals surface area contributed by atoms with Gasteiger partial charge < -0.3 is 14.9 Å². The van der Waals surface area contributed by atoms with Crippen molar-refractivity contribution < 1.29 is 9.15 Å². The molecule has 19 heavy (non-hydrogen) atoms. The molecule has 96 valence electrons. The van der Waals surface area contributed by atoms with Gasteiger partial charge in [0, 0.05) is 10.9 Å². The number of para-hydroxylation sites is 1. The summed E-state index contributed by atoms with van der Waals surface area (Å²) in [5.74, 6) is 1.66. The summed E-state index contributed by atoms with van der Waals surface area (Å²) >= 11 is 0. The van der Waals surface area contributed by atoms with Crippen LogP contribution < -0.4 is 10.5 Å². The van der Waals surface area contributed by atoms with Gasteiger partial charge in [-0.25, -0.2) is 0 Å². The first kappa shape index (κ1) is 11.8. The molecule has 3 heteroatoms. The van der Waals surface area contributed by atoms with Gasteiger partial charge in [-0.05, 0) is 29.8 Å². The van der Waals surface area contributed by atoms with E-state index in [4.69, 9.17) is 14.9 Å². The zero-order chi connectivity index (χ0) is 13.2. The molecule has 0 unspecified atom stereocenters. The van der Waals surface area contributed by atoms with Crippen molar-refractivity contribution in [2.24, 2.45) is 5.73 Å². The Hall–Kier alpha value is -2.26. The molecule has 2 N–H and O–H groups in total. The van der Waals surface area contributed by atoms with Crippen molar-refractivity contribution in [2.45, 2.75) is 6.54 Å². The maximum absolute atomic E-state index is 5.61. The topological polar surface area (TPSA) is 48.4 Å². The van der Waals surface area contributed by atoms with Crippen molar-refractivity contribution in [3.63, 3.8) is 0 Å². The molecule has 0 aliphatic heterocycles. The van der Waals surface area contributed by atoms with Crippen LogP contribution in [-0.4, -0.2) is 7.11 Å². The van der Waals surface area contributed by atoms with Crippen LogP contribution >= 0.6 is 0 Å². The SMILES string of the molecule is COc1ccccc1-c1ccc2oc(CN)cc2c1. The Morgan fingerprint density at radius 1 is 1.11 bits per heavy atom. The fraction of sp³-hybridized carbons (Fsp3) is 0.125. The first-order valence-electron chi connectivity index (χ1n) is 6.18. The summed E-state index contributed by atoms with van der Waals surface area (Å²) in [6.07, 6.45) is 0. The molecule has 0 fully saturated rings. The first-order valence-corrected chi connectivity index (χ1v) is 6.18. The van der Waals surface area contributed by atoms with Crippen molar-refractivity contribution in [3.05, 3.63) is 54.3 Å². The molecule has 1 heterocycles. The Labute approximate surface area is 111 Å². The van der Waals surface area contributed by atoms with Crippen molar-refractivity contribution in [1.29, 1.82) is 0 Å². The number of hydrogen-bond donors (Lipinski definition) is 1. The monoisotopic (exact) mass is 253 g/mol. The number of nitrogens with two attached hydrogens (primary N) is 1. The van der Waals surface area contributed by atoms with Gasteiger partial charge >= 0.3 is 0 Å². The van der Waals surface area contributed by atoms with Gasteiger partial charge in [-0.3, -0.25) is 0 Å². The molecule has 0 radical (unpaired) electrons. The standard InChI is InChI=1S/C16H15NO2/c1-18-16-5-3-2-4-14(16)11-6-7-15-12(8-11)9-13(10-17)19-15/h2-9H,10,17H2,1H3. The predicted molar refractivity (Wildman–Crippen MR) is 76.1 cm³/mol. The second kappa shape index (κ2) is 4.78. The number of furan rings is 1. The lowest BCUT2D eigenvalue weighted by Gasteiger charge is -2.07. The van der Waals surface area contributed by atoms with E-state index in [1.807, 2.05) is 42.5 Å². The molecular weight excluding hydrogens is 238 g/mol. The van der Waals surface area contributed by atoms with Gasteiger partial charge in [-0.2, -0.15) is 0 Å². The molecule has 0 aliphatic rings. The van der Waals surface area contributed by atoms with Crippen LogP contribution in [0.4, 0.5) is 0 Å². The van der Waals surface area contributed by atoms with E-state index in [0.717, 1.165) is 33.6 Å². The van der Waals surface area contributed by atoms with E-state index in [-0.39, 0.29) is 0 Å². The molecule has 2 aromatic carbocycles. The molecule has 3 aromatic rings. The minimum absolute atomic E-state index is 0.415. The number of hydrogen-bond acceptors (Lipinski definition) is 3. The lowest BCUT2D eigenvalue weighted by Crippen LogP contribution is -1.92. The van der Waals surface area contributed by atoms with Crippen molar-refractivity contribution in [3.8, 4) is 16.9 Å². The second-order valence-corrected chi connectivity index (χ2v) is 4.37. The van der Waals surface area contributed by atoms with E-state index in [1.54, 1.807) is 7.11 Å². The van der Waals surface area contributed by atoms with E-state index in [1.165, 1.54) is 0 Å². The maximum Gasteiger partial charge on any atom is 0.134 e. The molecule has 0 saturated carbocycles. The van der Waals surface area contributed by atoms with Gasteiger partial charge in [0.2, 0.25) is 0 Å². The van der Waals surface area contributed by atoms with Gasteiger partial charge in [0.1, 0.15) is 17.1 Å². The van der Waals surface area contributed by atoms with E-state index in [0.29, 0.717) is 6.54 Å². The third-order valence-electron chi connectivity index (χ3n) is 3.19. The molecule has 0 atom stereocenters. The first-order chi connectivity index (χ1) is 9.31. The van der Waals surface area contributed by atoms with Crippen LogP contribution in [0, 0.1) is 0 Å². The quantitative estimate of drug-likeness (QED) is 0.776. The minimum atomic E-state index is 0.415. The lowest BCUT2D eigenvalue weighted by atomic mass is 10.0. The van der Waals surface area contributed by atoms with Crippen molar-refractivity contribution in [1.82, 2.24) is 0 Å². The van der Waals surface area contributed by atoms with Gasteiger partial charge in [0.25, 0.3) is 0 Å². The Morgan fingerprint density at radius 3 is 2.74 bits per heavy atom. The zero-order valence-electron chi connectivity index (χ0n) is 10.7. The molecule has 0 aliphatic carbocycles. The summed E-state index contributed by atoms with van der Waals surface area (Å²) in [5.41, 5.74) is 8.63. The van der Waals surface area contributed by atoms with Crippen LogP contribution in [0.1, 0.15) is 5.76 Å². The Kier molecular flexibility index (Phi) is 2.97. The average Bonchev–Trinajstić information content (AvgIpc) is 2.89. The lowest BCUT2D eigenvalue weighted by molar-refractivity contribution is 0.416. The molecular formula is C16H15NO2. The number of benzene rings is 2. The van der Waals surface area contributed by atoms with E-state index >= 15 is 0 Å². The molecule has 0 saturated heterocycles. The van der Waals surface area contributed by atoms with Crippen molar-refractivity contribution >= 4 is 11.0 Å². The van der Waals surface area contributed by atoms with Crippen LogP contribution in [0.3, 0.4) is 0 Å². The molecule has 3 rings (SSSR count). The highest BCUT2D eigenvalue weighted by Crippen LogP contribution is 2.32. The fourth-order valence-corrected chi connectivity index (χ4v) is 2.25. The fourth-order valence-electron chi connectivity index (χ4n) is 2.25. The Bertz CT molecular complexity index is 716. The van der Waals surface area contributed by atoms with Crippen LogP contribution in [0.25, 0.3) is 22.1 Å². The van der Waals surface area contributed by atoms with Crippen LogP contribution in [0.5, 0.6) is 5.75 Å². The summed E-state index contributed by atoms with van der Waals surface area (Å²) in [7, 11) is 1.68. The molecule has 0 amide bonds. The molecule has 3 nitrogen and oxygen atoms in total. The van der Waals surface area contributed by atoms with Crippen LogP contribution in [0.15, 0.2) is 52.9 Å². The highest BCUT2D eigenvalue weighted by atomic mass is 16.5. The number of methoxy groups -OCH3 is 1. The van der Waals surface area contributed by atoms with Gasteiger partial charge in [0.05, 0.1) is 13.7 Å². The summed E-state index contributed by atoms with van der Waals surface area (Å²) < 4.78 is 11.0. The molecule has 0 bridgehead atoms. The number of rotatable bonds is 3. The summed E-state index contributed by atoms with van der Waals surface area (Å²) in [5, 5.41) is 1.06. The van der Waals surface area contributed by atoms with Gasteiger partial charge in [-0.15, -0.1) is 0 Å². The number of fused-ring (bicyclic) bond motifs is 1. The highest BCUT2D eigenvalue weighted by molar-refractivity contribution is 5.85. The smallest absolute Gasteiger partial charge is 0.134 e. The highest BCUT2D eigenvalue weighted by Gasteiger charge is 2.08. The van der Waals surface area contributed by atoms with Crippen molar-refractivity contribution in [2.75, 3.05) is 7.11 Å². The van der Waals surface area contributed by atoms with E-state index in [9.17, 15) is 0 Å². The average molecular weight is 253 g/mol. The largest absolute Gasteiger partial charge is 0.496 e. The number of ether oxygens (including phenoxy) is 1. The molecule has 1 aromatic heterocycles. The maximum atomic E-state index is 5.61. The van der Waals surface area contributed by atoms with Gasteiger partial charge in [0.15, 0.2) is 0 Å². The minimum Gasteiger partial charge on any atom is -0.496 e. The second-order valence-electron chi connectivity index (χ2n) is 4.37. The third-order valence-corrected chi connectivity index (χ3v) is 3.19. The zero-order valence-corrected chi connectivity index (χ0v) is 10.7. The molecule has 0 spiro atoms. The van der Waals surface area contributed by atoms with E-state index < -0.39 is 0 Å². The Morgan fingerprint density at radius 2 is 1.95 bits per heavy atom.